The van der Waals surface area contributed by atoms with Crippen molar-refractivity contribution in [3.63, 3.8) is 0 Å². The van der Waals surface area contributed by atoms with Crippen LogP contribution >= 0.6 is 0 Å². The van der Waals surface area contributed by atoms with Gasteiger partial charge in [0, 0.05) is 74.3 Å². The maximum Gasteiger partial charge on any atom is 0.414 e. The van der Waals surface area contributed by atoms with E-state index in [0.29, 0.717) is 40.6 Å². The van der Waals surface area contributed by atoms with Crippen LogP contribution in [0.4, 0.5) is 19.0 Å². The molecule has 218 valence electrons. The molecule has 0 radical (unpaired) electrons. The summed E-state index contributed by atoms with van der Waals surface area (Å²) in [6, 6.07) is 13.9. The van der Waals surface area contributed by atoms with Crippen molar-refractivity contribution in [1.82, 2.24) is 24.3 Å². The van der Waals surface area contributed by atoms with Gasteiger partial charge in [-0.05, 0) is 24.1 Å². The summed E-state index contributed by atoms with van der Waals surface area (Å²) in [6.07, 6.45) is -1.66. The monoisotopic (exact) mass is 579 g/mol. The molecule has 3 unspecified atom stereocenters. The second kappa shape index (κ2) is 11.1. The van der Waals surface area contributed by atoms with Crippen LogP contribution < -0.4 is 14.4 Å². The number of piperazine rings is 1. The lowest BCUT2D eigenvalue weighted by atomic mass is 9.87. The van der Waals surface area contributed by atoms with Crippen molar-refractivity contribution < 1.29 is 27.8 Å². The van der Waals surface area contributed by atoms with Gasteiger partial charge in [0.2, 0.25) is 5.88 Å². The predicted molar refractivity (Wildman–Crippen MR) is 146 cm³/mol. The molecule has 3 aliphatic rings. The molecule has 7 heterocycles. The number of methoxy groups -OCH3 is 1. The van der Waals surface area contributed by atoms with E-state index in [4.69, 9.17) is 14.5 Å². The number of rotatable bonds is 9. The number of anilines is 1. The first-order valence-electron chi connectivity index (χ1n) is 13.5. The summed E-state index contributed by atoms with van der Waals surface area (Å²) < 4.78 is 50.3. The number of piperidine rings is 1. The Morgan fingerprint density at radius 3 is 2.52 bits per heavy atom. The summed E-state index contributed by atoms with van der Waals surface area (Å²) in [5.41, 5.74) is 3.10. The van der Waals surface area contributed by atoms with Gasteiger partial charge in [0.15, 0.2) is 6.10 Å². The molecule has 3 saturated heterocycles. The van der Waals surface area contributed by atoms with Gasteiger partial charge in [-0.25, -0.2) is 15.0 Å². The van der Waals surface area contributed by atoms with Crippen LogP contribution in [0.25, 0.3) is 16.9 Å². The average Bonchev–Trinajstić information content (AvgIpc) is 3.42. The Kier molecular flexibility index (Phi) is 7.34. The molecule has 2 bridgehead atoms. The Hall–Kier alpha value is -4.41. The highest BCUT2D eigenvalue weighted by Gasteiger charge is 2.44. The number of aliphatic hydroxyl groups excluding tert-OH is 1. The Morgan fingerprint density at radius 1 is 1.07 bits per heavy atom. The zero-order valence-electron chi connectivity index (χ0n) is 22.7. The Labute approximate surface area is 239 Å². The van der Waals surface area contributed by atoms with Crippen LogP contribution in [0.3, 0.4) is 0 Å². The third-order valence-corrected chi connectivity index (χ3v) is 7.82. The van der Waals surface area contributed by atoms with Gasteiger partial charge in [0.1, 0.15) is 29.0 Å². The minimum absolute atomic E-state index is 0.273. The summed E-state index contributed by atoms with van der Waals surface area (Å²) in [7, 11) is 1.60. The van der Waals surface area contributed by atoms with Gasteiger partial charge in [-0.3, -0.25) is 9.30 Å². The first kappa shape index (κ1) is 27.7. The number of aromatic nitrogens is 4. The van der Waals surface area contributed by atoms with Gasteiger partial charge in [-0.15, -0.1) is 0 Å². The predicted octanol–water partition coefficient (Wildman–Crippen LogP) is 3.83. The fourth-order valence-corrected chi connectivity index (χ4v) is 5.61. The summed E-state index contributed by atoms with van der Waals surface area (Å²) in [5.74, 6) is 1.71. The van der Waals surface area contributed by atoms with Crippen LogP contribution in [0, 0.1) is 11.3 Å². The van der Waals surface area contributed by atoms with Crippen molar-refractivity contribution in [2.45, 2.75) is 43.8 Å². The number of nitrogens with zero attached hydrogens (tertiary/aromatic N) is 7. The molecule has 0 saturated carbocycles. The number of hydrogen-bond donors (Lipinski definition) is 1. The topological polar surface area (TPSA) is 112 Å². The van der Waals surface area contributed by atoms with Gasteiger partial charge in [0.25, 0.3) is 0 Å². The van der Waals surface area contributed by atoms with Crippen molar-refractivity contribution in [2.24, 2.45) is 0 Å². The second-order valence-corrected chi connectivity index (χ2v) is 10.5. The van der Waals surface area contributed by atoms with Gasteiger partial charge in [-0.1, -0.05) is 6.07 Å². The zero-order valence-corrected chi connectivity index (χ0v) is 22.7. The molecule has 0 aromatic carbocycles. The molecular weight excluding hydrogens is 551 g/mol. The van der Waals surface area contributed by atoms with Gasteiger partial charge in [-0.2, -0.15) is 18.4 Å². The van der Waals surface area contributed by atoms with Gasteiger partial charge >= 0.3 is 6.18 Å². The fourth-order valence-electron chi connectivity index (χ4n) is 5.61. The third kappa shape index (κ3) is 5.43. The van der Waals surface area contributed by atoms with E-state index in [2.05, 4.69) is 25.8 Å². The largest absolute Gasteiger partial charge is 0.493 e. The number of hydrogen-bond acceptors (Lipinski definition) is 9. The summed E-state index contributed by atoms with van der Waals surface area (Å²) in [6.45, 7) is 2.19. The SMILES string of the molecule is COc1ccc(CN2C3CC2CN(c2ccc(-c4cc(OCCC(O)C(F)(F)F)cc5ncc(C#N)n45)cn2)C3)cn1. The van der Waals surface area contributed by atoms with Crippen LogP contribution in [0.15, 0.2) is 55.0 Å². The molecule has 4 aromatic heterocycles. The Morgan fingerprint density at radius 2 is 1.88 bits per heavy atom. The molecule has 3 atom stereocenters. The smallest absolute Gasteiger partial charge is 0.414 e. The Balaban J connectivity index is 1.16. The van der Waals surface area contributed by atoms with Gasteiger partial charge in [0.05, 0.1) is 25.6 Å². The van der Waals surface area contributed by atoms with E-state index in [0.717, 1.165) is 37.4 Å². The number of pyridine rings is 3. The van der Waals surface area contributed by atoms with E-state index in [1.807, 2.05) is 30.5 Å². The van der Waals surface area contributed by atoms with Crippen LogP contribution in [-0.2, 0) is 6.54 Å². The number of fused-ring (bicyclic) bond motifs is 3. The van der Waals surface area contributed by atoms with Crippen LogP contribution in [0.1, 0.15) is 24.1 Å². The highest BCUT2D eigenvalue weighted by atomic mass is 19.4. The first-order valence-corrected chi connectivity index (χ1v) is 13.5. The number of imidazole rings is 1. The number of ether oxygens (including phenoxy) is 2. The minimum atomic E-state index is -4.71. The number of aliphatic hydroxyl groups is 1. The van der Waals surface area contributed by atoms with E-state index in [1.54, 1.807) is 29.8 Å². The van der Waals surface area contributed by atoms with E-state index in [1.165, 1.54) is 6.20 Å². The second-order valence-electron chi connectivity index (χ2n) is 10.5. The lowest BCUT2D eigenvalue weighted by Gasteiger charge is -2.56. The molecular formula is C29H28F3N7O3. The molecule has 42 heavy (non-hydrogen) atoms. The number of halogens is 3. The lowest BCUT2D eigenvalue weighted by molar-refractivity contribution is -0.206. The molecule has 7 rings (SSSR count). The third-order valence-electron chi connectivity index (χ3n) is 7.82. The fraction of sp³-hybridized carbons (Fsp3) is 0.379. The summed E-state index contributed by atoms with van der Waals surface area (Å²) in [5, 5.41) is 18.9. The van der Waals surface area contributed by atoms with Crippen molar-refractivity contribution in [2.75, 3.05) is 31.7 Å². The summed E-state index contributed by atoms with van der Waals surface area (Å²) in [4.78, 5) is 18.0. The molecule has 13 heteroatoms. The molecule has 0 spiro atoms. The number of nitriles is 1. The lowest BCUT2D eigenvalue weighted by Crippen LogP contribution is -2.68. The normalized spacial score (nSPS) is 19.3. The van der Waals surface area contributed by atoms with Gasteiger partial charge < -0.3 is 19.5 Å². The van der Waals surface area contributed by atoms with Crippen LogP contribution in [0.5, 0.6) is 11.6 Å². The standard InChI is InChI=1S/C29H28F3N7O3/c1-41-28-5-2-18(12-36-28)15-38-20-8-21(38)17-37(16-20)26-4-3-19(13-34-26)24-9-23(42-7-6-25(40)29(30,31)32)10-27-35-14-22(11-33)39(24)27/h2-5,9-10,12-14,20-21,25,40H,6-8,15-17H2,1H3. The highest BCUT2D eigenvalue weighted by molar-refractivity contribution is 5.68. The van der Waals surface area contributed by atoms with E-state index in [9.17, 15) is 23.5 Å². The van der Waals surface area contributed by atoms with E-state index < -0.39 is 18.7 Å². The summed E-state index contributed by atoms with van der Waals surface area (Å²) >= 11 is 0. The molecule has 3 fully saturated rings. The highest BCUT2D eigenvalue weighted by Crippen LogP contribution is 2.36. The van der Waals surface area contributed by atoms with Crippen molar-refractivity contribution in [1.29, 1.82) is 5.26 Å². The quantitative estimate of drug-likeness (QED) is 0.316. The van der Waals surface area contributed by atoms with E-state index in [-0.39, 0.29) is 12.4 Å². The van der Waals surface area contributed by atoms with Crippen LogP contribution in [0.2, 0.25) is 0 Å². The zero-order chi connectivity index (χ0) is 29.4. The first-order chi connectivity index (χ1) is 20.2. The van der Waals surface area contributed by atoms with Crippen molar-refractivity contribution in [3.8, 4) is 29.0 Å². The van der Waals surface area contributed by atoms with Crippen molar-refractivity contribution >= 4 is 11.5 Å². The Bertz CT molecular complexity index is 1590. The average molecular weight is 580 g/mol. The molecule has 4 aromatic rings. The molecule has 1 N–H and O–H groups in total. The minimum Gasteiger partial charge on any atom is -0.493 e. The van der Waals surface area contributed by atoms with E-state index >= 15 is 0 Å². The molecule has 10 nitrogen and oxygen atoms in total. The number of alkyl halides is 3. The molecule has 3 aliphatic heterocycles. The molecule has 0 aliphatic carbocycles. The van der Waals surface area contributed by atoms with Crippen LogP contribution in [-0.4, -0.2) is 80.5 Å². The van der Waals surface area contributed by atoms with Crippen molar-refractivity contribution in [3.05, 3.63) is 66.2 Å². The maximum absolute atomic E-state index is 12.7. The molecule has 0 amide bonds. The maximum atomic E-state index is 12.7.